The summed E-state index contributed by atoms with van der Waals surface area (Å²) in [5, 5.41) is 12.2. The number of amides is 1. The summed E-state index contributed by atoms with van der Waals surface area (Å²) < 4.78 is 5.85. The number of hydrogen-bond acceptors (Lipinski definition) is 5. The summed E-state index contributed by atoms with van der Waals surface area (Å²) in [7, 11) is 0. The molecule has 2 heterocycles. The number of benzene rings is 2. The van der Waals surface area contributed by atoms with Crippen molar-refractivity contribution in [1.82, 2.24) is 25.1 Å². The molecule has 1 unspecified atom stereocenters. The van der Waals surface area contributed by atoms with Gasteiger partial charge in [-0.3, -0.25) is 4.90 Å². The lowest BCUT2D eigenvalue weighted by molar-refractivity contribution is -0.917. The number of aromatic nitrogens is 4. The van der Waals surface area contributed by atoms with Crippen LogP contribution in [0.5, 0.6) is 0 Å². The number of rotatable bonds is 6. The van der Waals surface area contributed by atoms with Gasteiger partial charge in [-0.05, 0) is 11.3 Å². The van der Waals surface area contributed by atoms with E-state index in [1.165, 1.54) is 21.6 Å². The van der Waals surface area contributed by atoms with Gasteiger partial charge in [0.25, 0.3) is 0 Å². The highest BCUT2D eigenvalue weighted by Crippen LogP contribution is 2.27. The molecule has 0 spiro atoms. The minimum absolute atomic E-state index is 0.245. The van der Waals surface area contributed by atoms with Crippen molar-refractivity contribution >= 4 is 17.7 Å². The molecule has 156 valence electrons. The maximum atomic E-state index is 12.9. The van der Waals surface area contributed by atoms with Gasteiger partial charge in [0, 0.05) is 16.1 Å². The van der Waals surface area contributed by atoms with Gasteiger partial charge in [0.1, 0.15) is 13.1 Å². The minimum atomic E-state index is -0.602. The molecule has 1 saturated heterocycles. The van der Waals surface area contributed by atoms with Crippen LogP contribution < -0.4 is 4.90 Å². The van der Waals surface area contributed by atoms with Gasteiger partial charge in [-0.1, -0.05) is 60.1 Å². The van der Waals surface area contributed by atoms with E-state index in [1.807, 2.05) is 24.3 Å². The molecule has 0 bridgehead atoms. The quantitative estimate of drug-likeness (QED) is 0.646. The first-order chi connectivity index (χ1) is 14.7. The number of carbonyl (C=O) groups excluding carboxylic acids is 1. The van der Waals surface area contributed by atoms with Crippen LogP contribution in [0.25, 0.3) is 0 Å². The predicted molar refractivity (Wildman–Crippen MR) is 111 cm³/mol. The van der Waals surface area contributed by atoms with Crippen molar-refractivity contribution in [3.05, 3.63) is 77.1 Å². The van der Waals surface area contributed by atoms with Gasteiger partial charge in [0.15, 0.2) is 12.4 Å². The Kier molecular flexibility index (Phi) is 6.56. The molecule has 9 heteroatoms. The molecular formula is C21H24ClN6O2+. The predicted octanol–water partition coefficient (Wildman–Crippen LogP) is 1.61. The molecule has 30 heavy (non-hydrogen) atoms. The van der Waals surface area contributed by atoms with E-state index in [0.29, 0.717) is 18.1 Å². The second-order valence-electron chi connectivity index (χ2n) is 7.28. The smallest absolute Gasteiger partial charge is 0.410 e. The van der Waals surface area contributed by atoms with E-state index in [1.54, 1.807) is 11.0 Å². The van der Waals surface area contributed by atoms with Gasteiger partial charge in [0.2, 0.25) is 0 Å². The maximum Gasteiger partial charge on any atom is 0.410 e. The fourth-order valence-electron chi connectivity index (χ4n) is 3.62. The van der Waals surface area contributed by atoms with Crippen LogP contribution in [0.2, 0.25) is 5.02 Å². The number of hydrogen-bond donors (Lipinski definition) is 1. The van der Waals surface area contributed by atoms with E-state index in [0.717, 1.165) is 25.2 Å². The Morgan fingerprint density at radius 3 is 2.53 bits per heavy atom. The third-order valence-corrected chi connectivity index (χ3v) is 5.59. The summed E-state index contributed by atoms with van der Waals surface area (Å²) >= 11 is 6.35. The SMILES string of the molecule is O=C(OC(Cn1ncnn1)c1ccccc1Cl)N1CC[NH+](Cc2ccccc2)CC1. The van der Waals surface area contributed by atoms with Gasteiger partial charge >= 0.3 is 6.09 Å². The second-order valence-corrected chi connectivity index (χ2v) is 7.69. The van der Waals surface area contributed by atoms with E-state index in [-0.39, 0.29) is 12.6 Å². The number of halogens is 1. The molecule has 0 saturated carbocycles. The number of nitrogens with one attached hydrogen (secondary N) is 1. The van der Waals surface area contributed by atoms with Crippen LogP contribution in [-0.2, 0) is 17.8 Å². The first kappa shape index (κ1) is 20.3. The minimum Gasteiger partial charge on any atom is -0.439 e. The maximum absolute atomic E-state index is 12.9. The molecule has 0 aliphatic carbocycles. The van der Waals surface area contributed by atoms with Crippen LogP contribution in [0, 0.1) is 0 Å². The molecule has 1 amide bonds. The van der Waals surface area contributed by atoms with Gasteiger partial charge in [-0.15, -0.1) is 10.2 Å². The van der Waals surface area contributed by atoms with Gasteiger partial charge in [0.05, 0.1) is 26.2 Å². The van der Waals surface area contributed by atoms with Gasteiger partial charge < -0.3 is 9.64 Å². The highest BCUT2D eigenvalue weighted by molar-refractivity contribution is 6.31. The molecule has 8 nitrogen and oxygen atoms in total. The molecule has 2 aromatic carbocycles. The second kappa shape index (κ2) is 9.69. The molecule has 4 rings (SSSR count). The Morgan fingerprint density at radius 1 is 1.10 bits per heavy atom. The molecule has 1 aliphatic rings. The Balaban J connectivity index is 1.37. The topological polar surface area (TPSA) is 77.6 Å². The van der Waals surface area contributed by atoms with E-state index < -0.39 is 6.10 Å². The standard InChI is InChI=1S/C21H23ClN6O2/c22-19-9-5-4-8-18(19)20(15-28-24-16-23-25-28)30-21(29)27-12-10-26(11-13-27)14-17-6-2-1-3-7-17/h1-9,16,20H,10-15H2/p+1. The third kappa shape index (κ3) is 5.14. The number of nitrogens with zero attached hydrogens (tertiary/aromatic N) is 5. The Hall–Kier alpha value is -2.97. The van der Waals surface area contributed by atoms with Crippen LogP contribution in [-0.4, -0.2) is 57.4 Å². The van der Waals surface area contributed by atoms with Crippen LogP contribution in [0.4, 0.5) is 4.79 Å². The van der Waals surface area contributed by atoms with Crippen LogP contribution >= 0.6 is 11.6 Å². The number of tetrazole rings is 1. The molecule has 1 aromatic heterocycles. The zero-order valence-corrected chi connectivity index (χ0v) is 17.3. The fraction of sp³-hybridized carbons (Fsp3) is 0.333. The van der Waals surface area contributed by atoms with Crippen molar-refractivity contribution in [3.8, 4) is 0 Å². The molecular weight excluding hydrogens is 404 g/mol. The highest BCUT2D eigenvalue weighted by atomic mass is 35.5. The van der Waals surface area contributed by atoms with Crippen molar-refractivity contribution < 1.29 is 14.4 Å². The molecule has 3 aromatic rings. The molecule has 1 N–H and O–H groups in total. The van der Waals surface area contributed by atoms with E-state index in [2.05, 4.69) is 39.7 Å². The first-order valence-electron chi connectivity index (χ1n) is 9.97. The van der Waals surface area contributed by atoms with Crippen molar-refractivity contribution in [1.29, 1.82) is 0 Å². The molecule has 1 atom stereocenters. The Bertz CT molecular complexity index is 945. The summed E-state index contributed by atoms with van der Waals surface area (Å²) in [6.45, 7) is 4.27. The zero-order chi connectivity index (χ0) is 20.8. The normalized spacial score (nSPS) is 15.7. The van der Waals surface area contributed by atoms with Crippen LogP contribution in [0.15, 0.2) is 60.9 Å². The molecule has 1 aliphatic heterocycles. The Labute approximate surface area is 180 Å². The van der Waals surface area contributed by atoms with Crippen molar-refractivity contribution in [2.75, 3.05) is 26.2 Å². The molecule has 1 fully saturated rings. The number of piperazine rings is 1. The van der Waals surface area contributed by atoms with E-state index >= 15 is 0 Å². The summed E-state index contributed by atoms with van der Waals surface area (Å²) in [6, 6.07) is 17.7. The highest BCUT2D eigenvalue weighted by Gasteiger charge is 2.28. The zero-order valence-electron chi connectivity index (χ0n) is 16.5. The lowest BCUT2D eigenvalue weighted by atomic mass is 10.1. The largest absolute Gasteiger partial charge is 0.439 e. The Morgan fingerprint density at radius 2 is 1.83 bits per heavy atom. The summed E-state index contributed by atoms with van der Waals surface area (Å²) in [6.07, 6.45) is 0.397. The number of quaternary nitrogens is 1. The van der Waals surface area contributed by atoms with Gasteiger partial charge in [-0.25, -0.2) is 4.79 Å². The summed E-state index contributed by atoms with van der Waals surface area (Å²) in [5.41, 5.74) is 2.03. The van der Waals surface area contributed by atoms with Crippen LogP contribution in [0.1, 0.15) is 17.2 Å². The monoisotopic (exact) mass is 427 g/mol. The molecule has 0 radical (unpaired) electrons. The lowest BCUT2D eigenvalue weighted by Crippen LogP contribution is -3.13. The van der Waals surface area contributed by atoms with E-state index in [9.17, 15) is 4.79 Å². The summed E-state index contributed by atoms with van der Waals surface area (Å²) in [5.74, 6) is 0. The third-order valence-electron chi connectivity index (χ3n) is 5.24. The average molecular weight is 428 g/mol. The number of carbonyl (C=O) groups is 1. The summed E-state index contributed by atoms with van der Waals surface area (Å²) in [4.78, 5) is 17.5. The van der Waals surface area contributed by atoms with Crippen LogP contribution in [0.3, 0.4) is 0 Å². The fourth-order valence-corrected chi connectivity index (χ4v) is 3.88. The van der Waals surface area contributed by atoms with E-state index in [4.69, 9.17) is 16.3 Å². The average Bonchev–Trinajstić information content (AvgIpc) is 3.28. The van der Waals surface area contributed by atoms with Crippen molar-refractivity contribution in [2.24, 2.45) is 0 Å². The van der Waals surface area contributed by atoms with Crippen molar-refractivity contribution in [2.45, 2.75) is 19.2 Å². The van der Waals surface area contributed by atoms with Crippen molar-refractivity contribution in [3.63, 3.8) is 0 Å². The van der Waals surface area contributed by atoms with Gasteiger partial charge in [-0.2, -0.15) is 4.80 Å². The number of ether oxygens (including phenoxy) is 1. The lowest BCUT2D eigenvalue weighted by Gasteiger charge is -2.32. The first-order valence-corrected chi connectivity index (χ1v) is 10.3.